The van der Waals surface area contributed by atoms with E-state index in [9.17, 15) is 9.59 Å². The molecule has 0 atom stereocenters. The topological polar surface area (TPSA) is 76.0 Å². The minimum absolute atomic E-state index is 0.0772. The molecule has 2 N–H and O–H groups in total. The van der Waals surface area contributed by atoms with Gasteiger partial charge in [0.15, 0.2) is 0 Å². The van der Waals surface area contributed by atoms with Crippen molar-refractivity contribution >= 4 is 28.5 Å². The minimum atomic E-state index is -0.107. The van der Waals surface area contributed by atoms with Crippen molar-refractivity contribution < 1.29 is 9.59 Å². The van der Waals surface area contributed by atoms with Gasteiger partial charge in [0.25, 0.3) is 0 Å². The zero-order chi connectivity index (χ0) is 20.1. The number of nitrogens with zero attached hydrogens (tertiary/aromatic N) is 2. The van der Waals surface area contributed by atoms with Crippen LogP contribution < -0.4 is 10.6 Å². The first-order chi connectivity index (χ1) is 13.5. The zero-order valence-electron chi connectivity index (χ0n) is 16.6. The maximum Gasteiger partial charge on any atom is 0.226 e. The van der Waals surface area contributed by atoms with E-state index in [2.05, 4.69) is 15.6 Å². The van der Waals surface area contributed by atoms with E-state index in [1.54, 1.807) is 0 Å². The number of benzene rings is 2. The van der Waals surface area contributed by atoms with Crippen molar-refractivity contribution in [1.82, 2.24) is 14.9 Å². The van der Waals surface area contributed by atoms with Gasteiger partial charge in [0.1, 0.15) is 5.82 Å². The second-order valence-corrected chi connectivity index (χ2v) is 6.97. The average Bonchev–Trinajstić information content (AvgIpc) is 3.00. The summed E-state index contributed by atoms with van der Waals surface area (Å²) in [6.07, 6.45) is 1.15. The molecule has 0 spiro atoms. The molecule has 2 amide bonds. The predicted octanol–water partition coefficient (Wildman–Crippen LogP) is 3.27. The number of imidazole rings is 1. The molecule has 146 valence electrons. The van der Waals surface area contributed by atoms with Crippen molar-refractivity contribution in [3.63, 3.8) is 0 Å². The van der Waals surface area contributed by atoms with Crippen LogP contribution in [0.1, 0.15) is 29.8 Å². The Morgan fingerprint density at radius 2 is 1.79 bits per heavy atom. The Morgan fingerprint density at radius 3 is 2.57 bits per heavy atom. The van der Waals surface area contributed by atoms with Gasteiger partial charge >= 0.3 is 0 Å². The summed E-state index contributed by atoms with van der Waals surface area (Å²) >= 11 is 0. The number of nitrogens with one attached hydrogen (secondary N) is 2. The molecule has 1 aromatic heterocycles. The lowest BCUT2D eigenvalue weighted by atomic mass is 10.1. The van der Waals surface area contributed by atoms with Crippen LogP contribution >= 0.6 is 0 Å². The molecule has 1 heterocycles. The van der Waals surface area contributed by atoms with Crippen molar-refractivity contribution in [3.05, 3.63) is 59.4 Å². The lowest BCUT2D eigenvalue weighted by Crippen LogP contribution is -2.28. The summed E-state index contributed by atoms with van der Waals surface area (Å²) in [5.74, 6) is 0.694. The average molecular weight is 378 g/mol. The molecule has 0 saturated heterocycles. The van der Waals surface area contributed by atoms with E-state index >= 15 is 0 Å². The SMILES string of the molecule is Cc1cccc(NC(=O)CCNC(=O)CCc2nc3ccccc3n2C)c1C. The minimum Gasteiger partial charge on any atom is -0.356 e. The smallest absolute Gasteiger partial charge is 0.226 e. The largest absolute Gasteiger partial charge is 0.356 e. The molecule has 0 saturated carbocycles. The molecule has 6 nitrogen and oxygen atoms in total. The first-order valence-electron chi connectivity index (χ1n) is 9.49. The van der Waals surface area contributed by atoms with Crippen molar-refractivity contribution in [2.45, 2.75) is 33.1 Å². The molecule has 6 heteroatoms. The normalized spacial score (nSPS) is 10.8. The van der Waals surface area contributed by atoms with Crippen LogP contribution in [0.5, 0.6) is 0 Å². The molecular formula is C22H26N4O2. The molecule has 0 radical (unpaired) electrons. The number of para-hydroxylation sites is 2. The summed E-state index contributed by atoms with van der Waals surface area (Å²) in [7, 11) is 1.96. The Morgan fingerprint density at radius 1 is 1.00 bits per heavy atom. The summed E-state index contributed by atoms with van der Waals surface area (Å²) in [6.45, 7) is 4.31. The Hall–Kier alpha value is -3.15. The molecule has 0 fully saturated rings. The Labute approximate surface area is 165 Å². The highest BCUT2D eigenvalue weighted by Crippen LogP contribution is 2.18. The summed E-state index contributed by atoms with van der Waals surface area (Å²) < 4.78 is 2.01. The van der Waals surface area contributed by atoms with E-state index in [-0.39, 0.29) is 18.2 Å². The molecule has 3 aromatic rings. The number of carbonyl (C=O) groups is 2. The van der Waals surface area contributed by atoms with Crippen LogP contribution in [-0.2, 0) is 23.1 Å². The van der Waals surface area contributed by atoms with E-state index in [1.807, 2.05) is 67.9 Å². The molecule has 0 bridgehead atoms. The molecular weight excluding hydrogens is 352 g/mol. The summed E-state index contributed by atoms with van der Waals surface area (Å²) in [6, 6.07) is 13.7. The lowest BCUT2D eigenvalue weighted by Gasteiger charge is -2.10. The summed E-state index contributed by atoms with van der Waals surface area (Å²) in [5.41, 5.74) is 5.00. The van der Waals surface area contributed by atoms with E-state index in [1.165, 1.54) is 0 Å². The third kappa shape index (κ3) is 4.57. The highest BCUT2D eigenvalue weighted by atomic mass is 16.2. The van der Waals surface area contributed by atoms with Gasteiger partial charge in [-0.2, -0.15) is 0 Å². The fourth-order valence-electron chi connectivity index (χ4n) is 3.15. The van der Waals surface area contributed by atoms with Gasteiger partial charge in [-0.3, -0.25) is 9.59 Å². The molecule has 0 unspecified atom stereocenters. The van der Waals surface area contributed by atoms with Crippen LogP contribution in [0.15, 0.2) is 42.5 Å². The predicted molar refractivity (Wildman–Crippen MR) is 111 cm³/mol. The molecule has 0 aliphatic rings. The lowest BCUT2D eigenvalue weighted by molar-refractivity contribution is -0.121. The van der Waals surface area contributed by atoms with Crippen LogP contribution in [0.2, 0.25) is 0 Å². The fourth-order valence-corrected chi connectivity index (χ4v) is 3.15. The van der Waals surface area contributed by atoms with Crippen LogP contribution in [0.25, 0.3) is 11.0 Å². The highest BCUT2D eigenvalue weighted by molar-refractivity contribution is 5.92. The number of amides is 2. The maximum atomic E-state index is 12.1. The van der Waals surface area contributed by atoms with Gasteiger partial charge < -0.3 is 15.2 Å². The highest BCUT2D eigenvalue weighted by Gasteiger charge is 2.10. The van der Waals surface area contributed by atoms with Crippen LogP contribution in [-0.4, -0.2) is 27.9 Å². The van der Waals surface area contributed by atoms with E-state index in [4.69, 9.17) is 0 Å². The third-order valence-corrected chi connectivity index (χ3v) is 5.01. The van der Waals surface area contributed by atoms with Crippen LogP contribution in [0.4, 0.5) is 5.69 Å². The second kappa shape index (κ2) is 8.69. The van der Waals surface area contributed by atoms with Crippen molar-refractivity contribution in [2.24, 2.45) is 7.05 Å². The number of hydrogen-bond donors (Lipinski definition) is 2. The Balaban J connectivity index is 1.43. The number of aromatic nitrogens is 2. The number of fused-ring (bicyclic) bond motifs is 1. The first-order valence-corrected chi connectivity index (χ1v) is 9.49. The molecule has 0 aliphatic carbocycles. The van der Waals surface area contributed by atoms with E-state index in [0.29, 0.717) is 19.4 Å². The number of hydrogen-bond acceptors (Lipinski definition) is 3. The van der Waals surface area contributed by atoms with Gasteiger partial charge in [0, 0.05) is 38.5 Å². The van der Waals surface area contributed by atoms with Crippen molar-refractivity contribution in [1.29, 1.82) is 0 Å². The number of anilines is 1. The fraction of sp³-hybridized carbons (Fsp3) is 0.318. The van der Waals surface area contributed by atoms with E-state index < -0.39 is 0 Å². The van der Waals surface area contributed by atoms with Crippen molar-refractivity contribution in [3.8, 4) is 0 Å². The maximum absolute atomic E-state index is 12.1. The van der Waals surface area contributed by atoms with Gasteiger partial charge in [-0.05, 0) is 43.2 Å². The number of rotatable bonds is 7. The molecule has 3 rings (SSSR count). The summed E-state index contributed by atoms with van der Waals surface area (Å²) in [4.78, 5) is 28.8. The molecule has 2 aromatic carbocycles. The van der Waals surface area contributed by atoms with Gasteiger partial charge in [-0.25, -0.2) is 4.98 Å². The third-order valence-electron chi connectivity index (χ3n) is 5.01. The monoisotopic (exact) mass is 378 g/mol. The van der Waals surface area contributed by atoms with Gasteiger partial charge in [-0.15, -0.1) is 0 Å². The van der Waals surface area contributed by atoms with Gasteiger partial charge in [0.2, 0.25) is 11.8 Å². The van der Waals surface area contributed by atoms with Crippen LogP contribution in [0, 0.1) is 13.8 Å². The standard InChI is InChI=1S/C22H26N4O2/c1-15-7-6-9-17(16(15)2)25-22(28)13-14-23-21(27)12-11-20-24-18-8-4-5-10-19(18)26(20)3/h4-10H,11-14H2,1-3H3,(H,23,27)(H,25,28). The van der Waals surface area contributed by atoms with Gasteiger partial charge in [-0.1, -0.05) is 24.3 Å². The summed E-state index contributed by atoms with van der Waals surface area (Å²) in [5, 5.41) is 5.71. The molecule has 0 aliphatic heterocycles. The number of aryl methyl sites for hydroxylation is 3. The quantitative estimate of drug-likeness (QED) is 0.662. The van der Waals surface area contributed by atoms with Crippen molar-refractivity contribution in [2.75, 3.05) is 11.9 Å². The Kier molecular flexibility index (Phi) is 6.09. The van der Waals surface area contributed by atoms with Crippen LogP contribution in [0.3, 0.4) is 0 Å². The second-order valence-electron chi connectivity index (χ2n) is 6.97. The Bertz CT molecular complexity index is 1010. The zero-order valence-corrected chi connectivity index (χ0v) is 16.6. The molecule has 28 heavy (non-hydrogen) atoms. The van der Waals surface area contributed by atoms with E-state index in [0.717, 1.165) is 33.7 Å². The number of carbonyl (C=O) groups excluding carboxylic acids is 2. The van der Waals surface area contributed by atoms with Gasteiger partial charge in [0.05, 0.1) is 11.0 Å². The first kappa shape index (κ1) is 19.6.